The molecule has 0 saturated heterocycles. The van der Waals surface area contributed by atoms with E-state index in [0.717, 1.165) is 6.26 Å². The topological polar surface area (TPSA) is 84.9 Å². The quantitative estimate of drug-likeness (QED) is 0.786. The molecule has 1 atom stereocenters. The summed E-state index contributed by atoms with van der Waals surface area (Å²) in [5.41, 5.74) is 0.473. The van der Waals surface area contributed by atoms with E-state index in [-0.39, 0.29) is 16.4 Å². The SMILES string of the molecule is CNCC(O)c1ccc(S(C)(=O)=O)c(OC)c1OC. The second-order valence-corrected chi connectivity index (χ2v) is 6.05. The standard InChI is InChI=1S/C12H19NO5S/c1-13-7-9(14)8-5-6-10(19(4,15)16)12(18-3)11(8)17-2/h5-6,9,13-14H,7H2,1-4H3. The van der Waals surface area contributed by atoms with Crippen molar-refractivity contribution in [3.05, 3.63) is 17.7 Å². The van der Waals surface area contributed by atoms with Crippen LogP contribution in [0, 0.1) is 0 Å². The van der Waals surface area contributed by atoms with Gasteiger partial charge in [0, 0.05) is 18.4 Å². The van der Waals surface area contributed by atoms with Gasteiger partial charge in [0.2, 0.25) is 0 Å². The van der Waals surface area contributed by atoms with Crippen LogP contribution in [-0.4, -0.2) is 47.6 Å². The molecule has 1 aromatic rings. The van der Waals surface area contributed by atoms with Crippen molar-refractivity contribution in [1.29, 1.82) is 0 Å². The summed E-state index contributed by atoms with van der Waals surface area (Å²) in [6.45, 7) is 0.317. The van der Waals surface area contributed by atoms with Gasteiger partial charge in [-0.25, -0.2) is 8.42 Å². The van der Waals surface area contributed by atoms with E-state index in [2.05, 4.69) is 5.32 Å². The summed E-state index contributed by atoms with van der Waals surface area (Å²) in [6, 6.07) is 2.94. The number of rotatable bonds is 6. The fourth-order valence-corrected chi connectivity index (χ4v) is 2.65. The maximum absolute atomic E-state index is 11.7. The third-order valence-corrected chi connectivity index (χ3v) is 3.79. The summed E-state index contributed by atoms with van der Waals surface area (Å²) in [6.07, 6.45) is 0.274. The minimum Gasteiger partial charge on any atom is -0.492 e. The van der Waals surface area contributed by atoms with E-state index >= 15 is 0 Å². The zero-order valence-corrected chi connectivity index (χ0v) is 12.2. The zero-order chi connectivity index (χ0) is 14.6. The lowest BCUT2D eigenvalue weighted by atomic mass is 10.1. The fraction of sp³-hybridized carbons (Fsp3) is 0.500. The molecule has 0 aliphatic heterocycles. The molecule has 0 heterocycles. The molecule has 0 aliphatic carbocycles. The van der Waals surface area contributed by atoms with Crippen molar-refractivity contribution in [3.63, 3.8) is 0 Å². The molecular formula is C12H19NO5S. The second-order valence-electron chi connectivity index (χ2n) is 4.07. The van der Waals surface area contributed by atoms with Crippen LogP contribution in [0.2, 0.25) is 0 Å². The van der Waals surface area contributed by atoms with Crippen LogP contribution in [0.4, 0.5) is 0 Å². The number of aliphatic hydroxyl groups excluding tert-OH is 1. The summed E-state index contributed by atoms with van der Waals surface area (Å²) in [7, 11) is 1.04. The van der Waals surface area contributed by atoms with Crippen molar-refractivity contribution in [2.45, 2.75) is 11.0 Å². The first-order valence-electron chi connectivity index (χ1n) is 5.64. The highest BCUT2D eigenvalue weighted by molar-refractivity contribution is 7.90. The molecule has 1 rings (SSSR count). The zero-order valence-electron chi connectivity index (χ0n) is 11.4. The molecule has 0 aliphatic rings. The molecule has 1 aromatic carbocycles. The molecule has 0 spiro atoms. The van der Waals surface area contributed by atoms with Crippen LogP contribution < -0.4 is 14.8 Å². The maximum atomic E-state index is 11.7. The van der Waals surface area contributed by atoms with Crippen molar-refractivity contribution in [2.24, 2.45) is 0 Å². The van der Waals surface area contributed by atoms with Crippen LogP contribution >= 0.6 is 0 Å². The van der Waals surface area contributed by atoms with Gasteiger partial charge in [-0.1, -0.05) is 6.07 Å². The second kappa shape index (κ2) is 6.23. The molecule has 0 saturated carbocycles. The van der Waals surface area contributed by atoms with E-state index in [1.54, 1.807) is 7.05 Å². The van der Waals surface area contributed by atoms with Crippen molar-refractivity contribution in [1.82, 2.24) is 5.32 Å². The first-order chi connectivity index (χ1) is 8.86. The van der Waals surface area contributed by atoms with Crippen LogP contribution in [-0.2, 0) is 9.84 Å². The maximum Gasteiger partial charge on any atom is 0.179 e. The summed E-state index contributed by atoms with van der Waals surface area (Å²) < 4.78 is 33.7. The average Bonchev–Trinajstić information content (AvgIpc) is 2.35. The highest BCUT2D eigenvalue weighted by Gasteiger charge is 2.24. The van der Waals surface area contributed by atoms with E-state index in [0.29, 0.717) is 12.1 Å². The van der Waals surface area contributed by atoms with Gasteiger partial charge >= 0.3 is 0 Å². The molecule has 1 unspecified atom stereocenters. The van der Waals surface area contributed by atoms with Crippen LogP contribution in [0.1, 0.15) is 11.7 Å². The Hall–Kier alpha value is -1.31. The molecule has 6 nitrogen and oxygen atoms in total. The van der Waals surface area contributed by atoms with E-state index in [9.17, 15) is 13.5 Å². The molecule has 108 valence electrons. The van der Waals surface area contributed by atoms with Gasteiger partial charge in [0.15, 0.2) is 21.3 Å². The molecule has 7 heteroatoms. The van der Waals surface area contributed by atoms with Crippen LogP contribution in [0.15, 0.2) is 17.0 Å². The number of sulfone groups is 1. The number of hydrogen-bond donors (Lipinski definition) is 2. The number of hydrogen-bond acceptors (Lipinski definition) is 6. The van der Waals surface area contributed by atoms with Crippen LogP contribution in [0.3, 0.4) is 0 Å². The van der Waals surface area contributed by atoms with Crippen molar-refractivity contribution >= 4 is 9.84 Å². The highest BCUT2D eigenvalue weighted by atomic mass is 32.2. The predicted molar refractivity (Wildman–Crippen MR) is 71.5 cm³/mol. The Balaban J connectivity index is 3.47. The summed E-state index contributed by atoms with van der Waals surface area (Å²) >= 11 is 0. The predicted octanol–water partition coefficient (Wildman–Crippen LogP) is 0.360. The molecular weight excluding hydrogens is 270 g/mol. The monoisotopic (exact) mass is 289 g/mol. The molecule has 0 radical (unpaired) electrons. The minimum absolute atomic E-state index is 0.0345. The number of likely N-dealkylation sites (N-methyl/N-ethyl adjacent to an activating group) is 1. The van der Waals surface area contributed by atoms with E-state index in [4.69, 9.17) is 9.47 Å². The van der Waals surface area contributed by atoms with E-state index < -0.39 is 15.9 Å². The van der Waals surface area contributed by atoms with Gasteiger partial charge in [0.1, 0.15) is 4.90 Å². The lowest BCUT2D eigenvalue weighted by Gasteiger charge is -2.18. The van der Waals surface area contributed by atoms with Gasteiger partial charge in [0.05, 0.1) is 20.3 Å². The van der Waals surface area contributed by atoms with Gasteiger partial charge in [-0.15, -0.1) is 0 Å². The molecule has 0 fully saturated rings. The number of methoxy groups -OCH3 is 2. The Bertz CT molecular complexity index is 541. The van der Waals surface area contributed by atoms with Crippen molar-refractivity contribution in [2.75, 3.05) is 34.1 Å². The molecule has 0 amide bonds. The number of aliphatic hydroxyl groups is 1. The lowest BCUT2D eigenvalue weighted by molar-refractivity contribution is 0.172. The molecule has 2 N–H and O–H groups in total. The van der Waals surface area contributed by atoms with Gasteiger partial charge in [-0.3, -0.25) is 0 Å². The van der Waals surface area contributed by atoms with Gasteiger partial charge in [0.25, 0.3) is 0 Å². The third-order valence-electron chi connectivity index (χ3n) is 2.67. The smallest absolute Gasteiger partial charge is 0.179 e. The minimum atomic E-state index is -3.44. The number of benzene rings is 1. The Morgan fingerprint density at radius 3 is 2.26 bits per heavy atom. The largest absolute Gasteiger partial charge is 0.492 e. The Morgan fingerprint density at radius 2 is 1.84 bits per heavy atom. The number of ether oxygens (including phenoxy) is 2. The van der Waals surface area contributed by atoms with Gasteiger partial charge < -0.3 is 19.9 Å². The summed E-state index contributed by atoms with van der Waals surface area (Å²) in [5, 5.41) is 12.8. The van der Waals surface area contributed by atoms with Crippen LogP contribution in [0.25, 0.3) is 0 Å². The molecule has 19 heavy (non-hydrogen) atoms. The van der Waals surface area contributed by atoms with E-state index in [1.165, 1.54) is 26.4 Å². The summed E-state index contributed by atoms with van der Waals surface area (Å²) in [4.78, 5) is 0.0345. The van der Waals surface area contributed by atoms with Crippen molar-refractivity contribution < 1.29 is 23.0 Å². The first kappa shape index (κ1) is 15.7. The van der Waals surface area contributed by atoms with Gasteiger partial charge in [-0.05, 0) is 13.1 Å². The summed E-state index contributed by atoms with van der Waals surface area (Å²) in [5.74, 6) is 0.339. The Morgan fingerprint density at radius 1 is 1.26 bits per heavy atom. The average molecular weight is 289 g/mol. The lowest BCUT2D eigenvalue weighted by Crippen LogP contribution is -2.18. The fourth-order valence-electron chi connectivity index (χ4n) is 1.82. The first-order valence-corrected chi connectivity index (χ1v) is 7.53. The molecule has 0 bridgehead atoms. The van der Waals surface area contributed by atoms with Crippen molar-refractivity contribution in [3.8, 4) is 11.5 Å². The molecule has 0 aromatic heterocycles. The highest BCUT2D eigenvalue weighted by Crippen LogP contribution is 2.39. The Labute approximate surface area is 113 Å². The normalized spacial score (nSPS) is 13.1. The van der Waals surface area contributed by atoms with Gasteiger partial charge in [-0.2, -0.15) is 0 Å². The Kier molecular flexibility index (Phi) is 5.16. The third kappa shape index (κ3) is 3.37. The number of nitrogens with one attached hydrogen (secondary N) is 1. The van der Waals surface area contributed by atoms with Crippen LogP contribution in [0.5, 0.6) is 11.5 Å². The van der Waals surface area contributed by atoms with E-state index in [1.807, 2.05) is 0 Å².